The Hall–Kier alpha value is -3.65. The van der Waals surface area contributed by atoms with Crippen LogP contribution in [-0.4, -0.2) is 33.4 Å². The van der Waals surface area contributed by atoms with Crippen molar-refractivity contribution in [2.45, 2.75) is 37.1 Å². The van der Waals surface area contributed by atoms with Gasteiger partial charge in [0.15, 0.2) is 6.61 Å². The van der Waals surface area contributed by atoms with E-state index >= 15 is 0 Å². The fraction of sp³-hybridized carbons (Fsp3) is 0.259. The maximum absolute atomic E-state index is 13.1. The SMILES string of the molecule is CCN(c1ccccc1)S(=O)(=O)c1ccc(C(=O)OCC(=O)N[C@@H]2CCCc3ccccc32)cc1. The zero-order valence-corrected chi connectivity index (χ0v) is 20.3. The van der Waals surface area contributed by atoms with Crippen molar-refractivity contribution in [1.29, 1.82) is 0 Å². The van der Waals surface area contributed by atoms with E-state index in [1.54, 1.807) is 31.2 Å². The van der Waals surface area contributed by atoms with Crippen LogP contribution in [0.4, 0.5) is 5.69 Å². The van der Waals surface area contributed by atoms with Crippen molar-refractivity contribution < 1.29 is 22.7 Å². The van der Waals surface area contributed by atoms with E-state index < -0.39 is 22.6 Å². The van der Waals surface area contributed by atoms with Gasteiger partial charge in [-0.3, -0.25) is 9.10 Å². The molecule has 0 heterocycles. The molecule has 0 saturated heterocycles. The molecule has 1 aliphatic rings. The molecule has 0 spiro atoms. The Morgan fingerprint density at radius 2 is 1.66 bits per heavy atom. The lowest BCUT2D eigenvalue weighted by atomic mass is 9.88. The van der Waals surface area contributed by atoms with E-state index in [1.165, 1.54) is 34.1 Å². The van der Waals surface area contributed by atoms with Crippen LogP contribution < -0.4 is 9.62 Å². The lowest BCUT2D eigenvalue weighted by molar-refractivity contribution is -0.125. The third-order valence-electron chi connectivity index (χ3n) is 6.05. The highest BCUT2D eigenvalue weighted by Gasteiger charge is 2.25. The van der Waals surface area contributed by atoms with E-state index in [9.17, 15) is 18.0 Å². The van der Waals surface area contributed by atoms with Crippen molar-refractivity contribution >= 4 is 27.6 Å². The molecule has 0 aliphatic heterocycles. The number of esters is 1. The van der Waals surface area contributed by atoms with E-state index in [2.05, 4.69) is 11.4 Å². The molecule has 0 radical (unpaired) electrons. The Kier molecular flexibility index (Phi) is 7.51. The van der Waals surface area contributed by atoms with Gasteiger partial charge in [-0.2, -0.15) is 0 Å². The minimum atomic E-state index is -3.80. The standard InChI is InChI=1S/C27H28N2O5S/c1-2-29(22-11-4-3-5-12-22)35(32,33)23-17-15-21(16-18-23)27(31)34-19-26(30)28-25-14-8-10-20-9-6-7-13-24(20)25/h3-7,9,11-13,15-18,25H,2,8,10,14,19H2,1H3,(H,28,30)/t25-/m1/s1. The molecule has 1 atom stereocenters. The number of benzene rings is 3. The zero-order valence-electron chi connectivity index (χ0n) is 19.5. The zero-order chi connectivity index (χ0) is 24.8. The number of nitrogens with zero attached hydrogens (tertiary/aromatic N) is 1. The third-order valence-corrected chi connectivity index (χ3v) is 7.97. The van der Waals surface area contributed by atoms with E-state index in [-0.39, 0.29) is 29.0 Å². The second-order valence-corrected chi connectivity index (χ2v) is 10.2. The minimum absolute atomic E-state index is 0.0634. The number of amides is 1. The number of fused-ring (bicyclic) bond motifs is 1. The van der Waals surface area contributed by atoms with E-state index in [0.717, 1.165) is 24.8 Å². The molecule has 0 aromatic heterocycles. The van der Waals surface area contributed by atoms with Gasteiger partial charge < -0.3 is 10.1 Å². The molecule has 0 fully saturated rings. The van der Waals surface area contributed by atoms with Crippen molar-refractivity contribution in [1.82, 2.24) is 5.32 Å². The van der Waals surface area contributed by atoms with Gasteiger partial charge in [0.1, 0.15) is 0 Å². The van der Waals surface area contributed by atoms with Crippen molar-refractivity contribution in [3.63, 3.8) is 0 Å². The van der Waals surface area contributed by atoms with Gasteiger partial charge in [-0.05, 0) is 73.7 Å². The summed E-state index contributed by atoms with van der Waals surface area (Å²) in [5, 5.41) is 2.94. The number of nitrogens with one attached hydrogen (secondary N) is 1. The number of carbonyl (C=O) groups is 2. The van der Waals surface area contributed by atoms with Crippen molar-refractivity contribution in [2.24, 2.45) is 0 Å². The molecule has 7 nitrogen and oxygen atoms in total. The first-order valence-electron chi connectivity index (χ1n) is 11.6. The first kappa shape index (κ1) is 24.5. The number of hydrogen-bond acceptors (Lipinski definition) is 5. The molecule has 3 aromatic rings. The van der Waals surface area contributed by atoms with Gasteiger partial charge in [0, 0.05) is 6.54 Å². The normalized spacial score (nSPS) is 15.1. The molecular weight excluding hydrogens is 464 g/mol. The summed E-state index contributed by atoms with van der Waals surface area (Å²) in [6, 6.07) is 22.3. The maximum Gasteiger partial charge on any atom is 0.338 e. The molecule has 8 heteroatoms. The molecule has 0 bridgehead atoms. The lowest BCUT2D eigenvalue weighted by Crippen LogP contribution is -2.34. The molecule has 0 saturated carbocycles. The Morgan fingerprint density at radius 3 is 2.37 bits per heavy atom. The fourth-order valence-corrected chi connectivity index (χ4v) is 5.80. The summed E-state index contributed by atoms with van der Waals surface area (Å²) in [5.41, 5.74) is 3.06. The van der Waals surface area contributed by atoms with Gasteiger partial charge >= 0.3 is 5.97 Å². The van der Waals surface area contributed by atoms with Crippen LogP contribution in [0.2, 0.25) is 0 Å². The molecule has 1 N–H and O–H groups in total. The van der Waals surface area contributed by atoms with Crippen molar-refractivity contribution in [2.75, 3.05) is 17.5 Å². The highest BCUT2D eigenvalue weighted by atomic mass is 32.2. The summed E-state index contributed by atoms with van der Waals surface area (Å²) in [6.45, 7) is 1.61. The highest BCUT2D eigenvalue weighted by molar-refractivity contribution is 7.92. The average molecular weight is 493 g/mol. The van der Waals surface area contributed by atoms with Crippen LogP contribution in [0.1, 0.15) is 47.3 Å². The summed E-state index contributed by atoms with van der Waals surface area (Å²) < 4.78 is 32.7. The number of aryl methyl sites for hydroxylation is 1. The smallest absolute Gasteiger partial charge is 0.338 e. The minimum Gasteiger partial charge on any atom is -0.452 e. The van der Waals surface area contributed by atoms with Crippen LogP contribution in [0.25, 0.3) is 0 Å². The molecular formula is C27H28N2O5S. The molecule has 0 unspecified atom stereocenters. The third kappa shape index (κ3) is 5.54. The number of para-hydroxylation sites is 1. The van der Waals surface area contributed by atoms with E-state index in [0.29, 0.717) is 5.69 Å². The van der Waals surface area contributed by atoms with E-state index in [1.807, 2.05) is 24.3 Å². The largest absolute Gasteiger partial charge is 0.452 e. The Bertz CT molecular complexity index is 1290. The van der Waals surface area contributed by atoms with Gasteiger partial charge in [0.05, 0.1) is 22.2 Å². The molecule has 4 rings (SSSR count). The number of hydrogen-bond donors (Lipinski definition) is 1. The summed E-state index contributed by atoms with van der Waals surface area (Å²) in [6.07, 6.45) is 2.81. The van der Waals surface area contributed by atoms with Crippen LogP contribution >= 0.6 is 0 Å². The van der Waals surface area contributed by atoms with Gasteiger partial charge in [-0.15, -0.1) is 0 Å². The summed E-state index contributed by atoms with van der Waals surface area (Å²) in [5.74, 6) is -1.07. The molecule has 1 aliphatic carbocycles. The maximum atomic E-state index is 13.1. The van der Waals surface area contributed by atoms with Crippen LogP contribution in [0.3, 0.4) is 0 Å². The number of sulfonamides is 1. The van der Waals surface area contributed by atoms with Crippen LogP contribution in [0.15, 0.2) is 83.8 Å². The predicted molar refractivity (Wildman–Crippen MR) is 134 cm³/mol. The fourth-order valence-electron chi connectivity index (χ4n) is 4.33. The summed E-state index contributed by atoms with van der Waals surface area (Å²) in [4.78, 5) is 24.9. The predicted octanol–water partition coefficient (Wildman–Crippen LogP) is 4.25. The monoisotopic (exact) mass is 492 g/mol. The number of ether oxygens (including phenoxy) is 1. The average Bonchev–Trinajstić information content (AvgIpc) is 2.88. The second-order valence-electron chi connectivity index (χ2n) is 8.32. The van der Waals surface area contributed by atoms with Crippen LogP contribution in [0, 0.1) is 0 Å². The van der Waals surface area contributed by atoms with Crippen molar-refractivity contribution in [3.05, 3.63) is 95.6 Å². The number of anilines is 1. The number of carbonyl (C=O) groups excluding carboxylic acids is 2. The highest BCUT2D eigenvalue weighted by Crippen LogP contribution is 2.29. The Balaban J connectivity index is 1.37. The molecule has 3 aromatic carbocycles. The van der Waals surface area contributed by atoms with Gasteiger partial charge in [-0.1, -0.05) is 42.5 Å². The first-order valence-corrected chi connectivity index (χ1v) is 13.1. The van der Waals surface area contributed by atoms with Gasteiger partial charge in [-0.25, -0.2) is 13.2 Å². The van der Waals surface area contributed by atoms with Crippen LogP contribution in [0.5, 0.6) is 0 Å². The van der Waals surface area contributed by atoms with Gasteiger partial charge in [0.25, 0.3) is 15.9 Å². The quantitative estimate of drug-likeness (QED) is 0.475. The second kappa shape index (κ2) is 10.7. The topological polar surface area (TPSA) is 92.8 Å². The summed E-state index contributed by atoms with van der Waals surface area (Å²) in [7, 11) is -3.80. The molecule has 1 amide bonds. The number of rotatable bonds is 8. The van der Waals surface area contributed by atoms with Gasteiger partial charge in [0.2, 0.25) is 0 Å². The lowest BCUT2D eigenvalue weighted by Gasteiger charge is -2.26. The van der Waals surface area contributed by atoms with Crippen molar-refractivity contribution in [3.8, 4) is 0 Å². The van der Waals surface area contributed by atoms with E-state index in [4.69, 9.17) is 4.74 Å². The Morgan fingerprint density at radius 1 is 0.971 bits per heavy atom. The first-order chi connectivity index (χ1) is 16.9. The molecule has 182 valence electrons. The molecule has 35 heavy (non-hydrogen) atoms. The van der Waals surface area contributed by atoms with Crippen LogP contribution in [-0.2, 0) is 26.0 Å². The Labute approximate surface area is 205 Å². The summed E-state index contributed by atoms with van der Waals surface area (Å²) >= 11 is 0.